The van der Waals surface area contributed by atoms with E-state index >= 15 is 0 Å². The van der Waals surface area contributed by atoms with Crippen molar-refractivity contribution in [3.05, 3.63) is 35.9 Å². The van der Waals surface area contributed by atoms with Crippen molar-refractivity contribution in [2.45, 2.75) is 44.9 Å². The highest BCUT2D eigenvalue weighted by molar-refractivity contribution is 6.08. The zero-order valence-corrected chi connectivity index (χ0v) is 17.5. The summed E-state index contributed by atoms with van der Waals surface area (Å²) in [7, 11) is 0. The molecule has 0 bridgehead atoms. The lowest BCUT2D eigenvalue weighted by atomic mass is 9.97. The van der Waals surface area contributed by atoms with Gasteiger partial charge in [0, 0.05) is 24.8 Å². The summed E-state index contributed by atoms with van der Waals surface area (Å²) < 4.78 is 46.1. The molecule has 1 atom stereocenters. The van der Waals surface area contributed by atoms with E-state index in [0.29, 0.717) is 6.54 Å². The average molecular weight is 454 g/mol. The maximum atomic E-state index is 12.6. The first-order valence-corrected chi connectivity index (χ1v) is 10.5. The van der Waals surface area contributed by atoms with Crippen molar-refractivity contribution in [1.82, 2.24) is 5.32 Å². The SMILES string of the molecule is O=C(COC(=O)[C@H]1CCN(c2cccc(OC(F)(F)F)c2)C1=O)NCCC1=CCCCC1. The molecule has 1 aromatic carbocycles. The number of carbonyl (C=O) groups is 3. The van der Waals surface area contributed by atoms with Crippen LogP contribution in [0.15, 0.2) is 35.9 Å². The lowest BCUT2D eigenvalue weighted by Crippen LogP contribution is -2.34. The Morgan fingerprint density at radius 1 is 1.22 bits per heavy atom. The molecule has 0 aromatic heterocycles. The second-order valence-corrected chi connectivity index (χ2v) is 7.69. The molecule has 3 rings (SSSR count). The van der Waals surface area contributed by atoms with Gasteiger partial charge in [0.15, 0.2) is 6.61 Å². The van der Waals surface area contributed by atoms with Crippen LogP contribution in [0, 0.1) is 5.92 Å². The molecule has 1 aliphatic heterocycles. The molecule has 1 N–H and O–H groups in total. The minimum Gasteiger partial charge on any atom is -0.455 e. The third-order valence-corrected chi connectivity index (χ3v) is 5.35. The summed E-state index contributed by atoms with van der Waals surface area (Å²) in [5, 5.41) is 2.69. The van der Waals surface area contributed by atoms with Gasteiger partial charge in [0.05, 0.1) is 0 Å². The molecule has 174 valence electrons. The molecular weight excluding hydrogens is 429 g/mol. The summed E-state index contributed by atoms with van der Waals surface area (Å²) in [5.41, 5.74) is 1.50. The number of nitrogens with zero attached hydrogens (tertiary/aromatic N) is 1. The second-order valence-electron chi connectivity index (χ2n) is 7.69. The fourth-order valence-electron chi connectivity index (χ4n) is 3.79. The maximum Gasteiger partial charge on any atom is 0.573 e. The van der Waals surface area contributed by atoms with Gasteiger partial charge in [0.25, 0.3) is 5.91 Å². The summed E-state index contributed by atoms with van der Waals surface area (Å²) in [6, 6.07) is 4.97. The van der Waals surface area contributed by atoms with Gasteiger partial charge in [0.1, 0.15) is 11.7 Å². The average Bonchev–Trinajstić information content (AvgIpc) is 3.13. The highest BCUT2D eigenvalue weighted by Crippen LogP contribution is 2.31. The van der Waals surface area contributed by atoms with Crippen molar-refractivity contribution in [3.8, 4) is 5.75 Å². The lowest BCUT2D eigenvalue weighted by Gasteiger charge is -2.18. The molecule has 2 amide bonds. The molecule has 1 aromatic rings. The number of carbonyl (C=O) groups excluding carboxylic acids is 3. The number of ether oxygens (including phenoxy) is 2. The van der Waals surface area contributed by atoms with Gasteiger partial charge in [-0.05, 0) is 50.7 Å². The molecule has 0 saturated carbocycles. The highest BCUT2D eigenvalue weighted by atomic mass is 19.4. The fraction of sp³-hybridized carbons (Fsp3) is 0.500. The lowest BCUT2D eigenvalue weighted by molar-refractivity contribution is -0.274. The van der Waals surface area contributed by atoms with Crippen molar-refractivity contribution in [2.75, 3.05) is 24.6 Å². The summed E-state index contributed by atoms with van der Waals surface area (Å²) in [5.74, 6) is -3.44. The van der Waals surface area contributed by atoms with Gasteiger partial charge >= 0.3 is 12.3 Å². The van der Waals surface area contributed by atoms with Crippen LogP contribution in [0.1, 0.15) is 38.5 Å². The van der Waals surface area contributed by atoms with Gasteiger partial charge in [-0.1, -0.05) is 17.7 Å². The Bertz CT molecular complexity index is 885. The summed E-state index contributed by atoms with van der Waals surface area (Å²) in [4.78, 5) is 38.0. The minimum absolute atomic E-state index is 0.134. The van der Waals surface area contributed by atoms with E-state index in [1.165, 1.54) is 29.0 Å². The number of hydrogen-bond donors (Lipinski definition) is 1. The Kier molecular flexibility index (Phi) is 7.76. The summed E-state index contributed by atoms with van der Waals surface area (Å²) in [6.07, 6.45) is 2.68. The second kappa shape index (κ2) is 10.5. The molecule has 32 heavy (non-hydrogen) atoms. The summed E-state index contributed by atoms with van der Waals surface area (Å²) >= 11 is 0. The Labute approximate surface area is 183 Å². The first-order valence-electron chi connectivity index (χ1n) is 10.5. The van der Waals surface area contributed by atoms with E-state index in [2.05, 4.69) is 16.1 Å². The van der Waals surface area contributed by atoms with Crippen molar-refractivity contribution < 1.29 is 37.0 Å². The Balaban J connectivity index is 1.46. The van der Waals surface area contributed by atoms with Crippen LogP contribution in [-0.2, 0) is 19.1 Å². The Morgan fingerprint density at radius 2 is 2.03 bits per heavy atom. The van der Waals surface area contributed by atoms with Gasteiger partial charge < -0.3 is 19.7 Å². The number of alkyl halides is 3. The van der Waals surface area contributed by atoms with Crippen LogP contribution in [-0.4, -0.2) is 43.8 Å². The van der Waals surface area contributed by atoms with E-state index in [1.807, 2.05) is 0 Å². The van der Waals surface area contributed by atoms with Crippen LogP contribution in [0.25, 0.3) is 0 Å². The van der Waals surface area contributed by atoms with Crippen molar-refractivity contribution in [2.24, 2.45) is 5.92 Å². The fourth-order valence-corrected chi connectivity index (χ4v) is 3.79. The summed E-state index contributed by atoms with van der Waals surface area (Å²) in [6.45, 7) is 0.0979. The molecule has 7 nitrogen and oxygen atoms in total. The van der Waals surface area contributed by atoms with Crippen molar-refractivity contribution >= 4 is 23.5 Å². The van der Waals surface area contributed by atoms with E-state index in [-0.39, 0.29) is 18.7 Å². The number of anilines is 1. The molecule has 0 unspecified atom stereocenters. The molecule has 2 aliphatic rings. The number of esters is 1. The molecule has 0 spiro atoms. The number of nitrogens with one attached hydrogen (secondary N) is 1. The maximum absolute atomic E-state index is 12.6. The number of benzene rings is 1. The molecule has 1 fully saturated rings. The van der Waals surface area contributed by atoms with E-state index in [0.717, 1.165) is 37.8 Å². The van der Waals surface area contributed by atoms with Crippen LogP contribution in [0.2, 0.25) is 0 Å². The third-order valence-electron chi connectivity index (χ3n) is 5.35. The predicted molar refractivity (Wildman–Crippen MR) is 109 cm³/mol. The van der Waals surface area contributed by atoms with Gasteiger partial charge in [-0.2, -0.15) is 0 Å². The van der Waals surface area contributed by atoms with E-state index < -0.39 is 42.4 Å². The Hall–Kier alpha value is -3.04. The molecular formula is C22H25F3N2O5. The standard InChI is InChI=1S/C22H25F3N2O5/c23-22(24,25)32-17-8-4-7-16(13-17)27-12-10-18(20(27)29)21(30)31-14-19(28)26-11-9-15-5-2-1-3-6-15/h4-5,7-8,13,18H,1-3,6,9-12,14H2,(H,26,28)/t18-/m0/s1. The molecule has 1 saturated heterocycles. The van der Waals surface area contributed by atoms with Crippen LogP contribution in [0.4, 0.5) is 18.9 Å². The number of hydrogen-bond acceptors (Lipinski definition) is 5. The monoisotopic (exact) mass is 454 g/mol. The normalized spacial score (nSPS) is 18.8. The largest absolute Gasteiger partial charge is 0.573 e. The zero-order chi connectivity index (χ0) is 23.1. The van der Waals surface area contributed by atoms with Gasteiger partial charge in [-0.25, -0.2) is 0 Å². The van der Waals surface area contributed by atoms with Crippen LogP contribution in [0.5, 0.6) is 5.75 Å². The van der Waals surface area contributed by atoms with Gasteiger partial charge in [-0.3, -0.25) is 14.4 Å². The van der Waals surface area contributed by atoms with Gasteiger partial charge in [0.2, 0.25) is 5.91 Å². The first-order chi connectivity index (χ1) is 15.2. The zero-order valence-electron chi connectivity index (χ0n) is 17.5. The minimum atomic E-state index is -4.85. The first kappa shape index (κ1) is 23.6. The van der Waals surface area contributed by atoms with Crippen LogP contribution >= 0.6 is 0 Å². The number of amides is 2. The number of halogens is 3. The molecule has 1 aliphatic carbocycles. The van der Waals surface area contributed by atoms with E-state index in [4.69, 9.17) is 4.74 Å². The molecule has 1 heterocycles. The van der Waals surface area contributed by atoms with Gasteiger partial charge in [-0.15, -0.1) is 13.2 Å². The molecule has 0 radical (unpaired) electrons. The van der Waals surface area contributed by atoms with Crippen molar-refractivity contribution in [3.63, 3.8) is 0 Å². The molecule has 10 heteroatoms. The van der Waals surface area contributed by atoms with E-state index in [9.17, 15) is 27.6 Å². The number of allylic oxidation sites excluding steroid dienone is 1. The van der Waals surface area contributed by atoms with Crippen LogP contribution in [0.3, 0.4) is 0 Å². The predicted octanol–water partition coefficient (Wildman–Crippen LogP) is 3.49. The topological polar surface area (TPSA) is 84.9 Å². The highest BCUT2D eigenvalue weighted by Gasteiger charge is 2.39. The smallest absolute Gasteiger partial charge is 0.455 e. The quantitative estimate of drug-likeness (QED) is 0.369. The van der Waals surface area contributed by atoms with E-state index in [1.54, 1.807) is 0 Å². The van der Waals surface area contributed by atoms with Crippen molar-refractivity contribution in [1.29, 1.82) is 0 Å². The Morgan fingerprint density at radius 3 is 2.75 bits per heavy atom. The third kappa shape index (κ3) is 6.73. The number of rotatable bonds is 8. The van der Waals surface area contributed by atoms with Crippen LogP contribution < -0.4 is 15.0 Å².